The van der Waals surface area contributed by atoms with Crippen LogP contribution in [0.15, 0.2) is 24.3 Å². The van der Waals surface area contributed by atoms with Crippen molar-refractivity contribution in [3.8, 4) is 0 Å². The molecule has 152 valence electrons. The van der Waals surface area contributed by atoms with Gasteiger partial charge >= 0.3 is 6.09 Å². The molecule has 1 unspecified atom stereocenters. The van der Waals surface area contributed by atoms with E-state index in [4.69, 9.17) is 4.74 Å². The number of hydrogen-bond acceptors (Lipinski definition) is 4. The monoisotopic (exact) mass is 377 g/mol. The fraction of sp³-hybridized carbons (Fsp3) is 0.619. The molecule has 1 rings (SSSR count). The lowest BCUT2D eigenvalue weighted by Crippen LogP contribution is -2.50. The summed E-state index contributed by atoms with van der Waals surface area (Å²) in [6.07, 6.45) is 0.438. The van der Waals surface area contributed by atoms with Crippen molar-refractivity contribution in [2.45, 2.75) is 85.2 Å². The van der Waals surface area contributed by atoms with Gasteiger partial charge < -0.3 is 20.7 Å². The number of carbonyl (C=O) groups excluding carboxylic acids is 2. The SMILES string of the molecule is CCC(C)(C)NC(=O)C(C)NCc1cccc(CNC(=O)OC(C)(C)C)c1. The first-order chi connectivity index (χ1) is 12.4. The van der Waals surface area contributed by atoms with Gasteiger partial charge in [0.1, 0.15) is 5.60 Å². The number of nitrogens with one attached hydrogen (secondary N) is 3. The van der Waals surface area contributed by atoms with Crippen LogP contribution in [0, 0.1) is 0 Å². The molecule has 6 nitrogen and oxygen atoms in total. The van der Waals surface area contributed by atoms with Crippen LogP contribution in [0.3, 0.4) is 0 Å². The third-order valence-electron chi connectivity index (χ3n) is 4.18. The molecule has 0 spiro atoms. The second-order valence-corrected chi connectivity index (χ2v) is 8.50. The highest BCUT2D eigenvalue weighted by Gasteiger charge is 2.21. The first-order valence-corrected chi connectivity index (χ1v) is 9.52. The minimum absolute atomic E-state index is 0.00963. The van der Waals surface area contributed by atoms with Crippen LogP contribution in [0.25, 0.3) is 0 Å². The molecule has 1 atom stereocenters. The second kappa shape index (κ2) is 9.74. The molecule has 0 radical (unpaired) electrons. The summed E-state index contributed by atoms with van der Waals surface area (Å²) in [6, 6.07) is 7.59. The molecule has 1 aromatic rings. The molecular weight excluding hydrogens is 342 g/mol. The third kappa shape index (κ3) is 9.43. The van der Waals surface area contributed by atoms with Gasteiger partial charge in [0, 0.05) is 18.6 Å². The van der Waals surface area contributed by atoms with E-state index >= 15 is 0 Å². The maximum Gasteiger partial charge on any atom is 0.407 e. The molecule has 3 N–H and O–H groups in total. The number of amides is 2. The lowest BCUT2D eigenvalue weighted by molar-refractivity contribution is -0.124. The Bertz CT molecular complexity index is 636. The van der Waals surface area contributed by atoms with Gasteiger partial charge in [0.25, 0.3) is 0 Å². The molecule has 2 amide bonds. The lowest BCUT2D eigenvalue weighted by Gasteiger charge is -2.26. The molecule has 0 aliphatic heterocycles. The zero-order chi connectivity index (χ0) is 20.7. The highest BCUT2D eigenvalue weighted by atomic mass is 16.6. The summed E-state index contributed by atoms with van der Waals surface area (Å²) >= 11 is 0. The molecule has 0 saturated heterocycles. The minimum Gasteiger partial charge on any atom is -0.444 e. The molecule has 0 saturated carbocycles. The highest BCUT2D eigenvalue weighted by Crippen LogP contribution is 2.09. The minimum atomic E-state index is -0.515. The molecule has 6 heteroatoms. The largest absolute Gasteiger partial charge is 0.444 e. The molecule has 0 aromatic heterocycles. The van der Waals surface area contributed by atoms with Gasteiger partial charge in [-0.25, -0.2) is 4.79 Å². The summed E-state index contributed by atoms with van der Waals surface area (Å²) in [5, 5.41) is 9.04. The summed E-state index contributed by atoms with van der Waals surface area (Å²) in [5.74, 6) is -0.00963. The Morgan fingerprint density at radius 2 is 1.67 bits per heavy atom. The fourth-order valence-corrected chi connectivity index (χ4v) is 2.23. The number of benzene rings is 1. The van der Waals surface area contributed by atoms with Crippen LogP contribution < -0.4 is 16.0 Å². The van der Waals surface area contributed by atoms with Crippen molar-refractivity contribution in [1.82, 2.24) is 16.0 Å². The van der Waals surface area contributed by atoms with Gasteiger partial charge in [-0.3, -0.25) is 4.79 Å². The maximum atomic E-state index is 12.3. The lowest BCUT2D eigenvalue weighted by atomic mass is 10.0. The summed E-state index contributed by atoms with van der Waals surface area (Å²) < 4.78 is 5.24. The van der Waals surface area contributed by atoms with Crippen molar-refractivity contribution in [2.24, 2.45) is 0 Å². The number of rotatable bonds is 8. The number of ether oxygens (including phenoxy) is 1. The second-order valence-electron chi connectivity index (χ2n) is 8.50. The summed E-state index contributed by atoms with van der Waals surface area (Å²) in [7, 11) is 0. The Kier molecular flexibility index (Phi) is 8.28. The highest BCUT2D eigenvalue weighted by molar-refractivity contribution is 5.81. The van der Waals surface area contributed by atoms with E-state index in [0.717, 1.165) is 17.5 Å². The zero-order valence-electron chi connectivity index (χ0n) is 17.7. The molecule has 1 aromatic carbocycles. The molecule has 0 aliphatic rings. The quantitative estimate of drug-likeness (QED) is 0.648. The zero-order valence-corrected chi connectivity index (χ0v) is 17.7. The molecular formula is C21H35N3O3. The topological polar surface area (TPSA) is 79.5 Å². The van der Waals surface area contributed by atoms with Crippen molar-refractivity contribution in [3.05, 3.63) is 35.4 Å². The molecule has 0 heterocycles. The van der Waals surface area contributed by atoms with Crippen LogP contribution in [0.2, 0.25) is 0 Å². The Labute approximate surface area is 163 Å². The van der Waals surface area contributed by atoms with E-state index in [1.165, 1.54) is 0 Å². The van der Waals surface area contributed by atoms with E-state index in [2.05, 4.69) is 22.9 Å². The van der Waals surface area contributed by atoms with Gasteiger partial charge in [-0.15, -0.1) is 0 Å². The number of carbonyl (C=O) groups is 2. The number of alkyl carbamates (subject to hydrolysis) is 1. The average Bonchev–Trinajstić information content (AvgIpc) is 2.56. The summed E-state index contributed by atoms with van der Waals surface area (Å²) in [6.45, 7) is 14.4. The van der Waals surface area contributed by atoms with Crippen LogP contribution in [0.4, 0.5) is 4.79 Å². The van der Waals surface area contributed by atoms with Gasteiger partial charge in [0.2, 0.25) is 5.91 Å². The Hall–Kier alpha value is -2.08. The molecule has 0 bridgehead atoms. The van der Waals surface area contributed by atoms with Gasteiger partial charge in [0.05, 0.1) is 6.04 Å². The van der Waals surface area contributed by atoms with E-state index in [1.54, 1.807) is 0 Å². The van der Waals surface area contributed by atoms with Gasteiger partial charge in [-0.2, -0.15) is 0 Å². The van der Waals surface area contributed by atoms with Crippen molar-refractivity contribution < 1.29 is 14.3 Å². The van der Waals surface area contributed by atoms with E-state index in [1.807, 2.05) is 65.8 Å². The normalized spacial score (nSPS) is 13.0. The fourth-order valence-electron chi connectivity index (χ4n) is 2.23. The molecule has 0 fully saturated rings. The predicted molar refractivity (Wildman–Crippen MR) is 108 cm³/mol. The van der Waals surface area contributed by atoms with E-state index in [-0.39, 0.29) is 17.5 Å². The van der Waals surface area contributed by atoms with Crippen molar-refractivity contribution in [2.75, 3.05) is 0 Å². The van der Waals surface area contributed by atoms with Crippen LogP contribution in [0.1, 0.15) is 66.0 Å². The van der Waals surface area contributed by atoms with E-state index in [9.17, 15) is 9.59 Å². The van der Waals surface area contributed by atoms with Gasteiger partial charge in [-0.05, 0) is 59.1 Å². The standard InChI is InChI=1S/C21H35N3O3/c1-8-21(6,7)24-18(25)15(2)22-13-16-10-9-11-17(12-16)14-23-19(26)27-20(3,4)5/h9-12,15,22H,8,13-14H2,1-7H3,(H,23,26)(H,24,25). The first-order valence-electron chi connectivity index (χ1n) is 9.52. The Morgan fingerprint density at radius 1 is 1.07 bits per heavy atom. The van der Waals surface area contributed by atoms with Crippen LogP contribution >= 0.6 is 0 Å². The van der Waals surface area contributed by atoms with Crippen molar-refractivity contribution in [3.63, 3.8) is 0 Å². The van der Waals surface area contributed by atoms with E-state index in [0.29, 0.717) is 13.1 Å². The van der Waals surface area contributed by atoms with E-state index < -0.39 is 11.7 Å². The average molecular weight is 378 g/mol. The Balaban J connectivity index is 2.52. The van der Waals surface area contributed by atoms with Crippen molar-refractivity contribution >= 4 is 12.0 Å². The third-order valence-corrected chi connectivity index (χ3v) is 4.18. The first kappa shape index (κ1) is 23.0. The van der Waals surface area contributed by atoms with Gasteiger partial charge in [0.15, 0.2) is 0 Å². The van der Waals surface area contributed by atoms with Gasteiger partial charge in [-0.1, -0.05) is 31.2 Å². The number of hydrogen-bond donors (Lipinski definition) is 3. The summed E-state index contributed by atoms with van der Waals surface area (Å²) in [5.41, 5.74) is 1.30. The van der Waals surface area contributed by atoms with Crippen molar-refractivity contribution in [1.29, 1.82) is 0 Å². The maximum absolute atomic E-state index is 12.3. The molecule has 27 heavy (non-hydrogen) atoms. The Morgan fingerprint density at radius 3 is 2.22 bits per heavy atom. The van der Waals surface area contributed by atoms with Crippen LogP contribution in [-0.4, -0.2) is 29.2 Å². The van der Waals surface area contributed by atoms with Crippen LogP contribution in [0.5, 0.6) is 0 Å². The molecule has 0 aliphatic carbocycles. The predicted octanol–water partition coefficient (Wildman–Crippen LogP) is 3.49. The summed E-state index contributed by atoms with van der Waals surface area (Å²) in [4.78, 5) is 24.0. The van der Waals surface area contributed by atoms with Crippen LogP contribution in [-0.2, 0) is 22.6 Å². The smallest absolute Gasteiger partial charge is 0.407 e.